The van der Waals surface area contributed by atoms with E-state index < -0.39 is 0 Å². The van der Waals surface area contributed by atoms with E-state index in [-0.39, 0.29) is 5.41 Å². The van der Waals surface area contributed by atoms with Gasteiger partial charge in [-0.2, -0.15) is 0 Å². The van der Waals surface area contributed by atoms with E-state index in [0.29, 0.717) is 10.5 Å². The number of hydroxylamine groups is 2. The standard InChI is InChI=1S/C11H24N2OS/c1-10(2,3)7-11(4,5)8-12-9(15)13(6)14/h14H,7-8H2,1-6H3,(H,12,15). The molecule has 3 nitrogen and oxygen atoms in total. The van der Waals surface area contributed by atoms with Crippen LogP contribution in [0.1, 0.15) is 41.0 Å². The summed E-state index contributed by atoms with van der Waals surface area (Å²) in [7, 11) is 1.52. The van der Waals surface area contributed by atoms with Crippen molar-refractivity contribution in [1.29, 1.82) is 0 Å². The van der Waals surface area contributed by atoms with Crippen molar-refractivity contribution in [2.24, 2.45) is 10.8 Å². The molecular weight excluding hydrogens is 208 g/mol. The Hall–Kier alpha value is -0.350. The van der Waals surface area contributed by atoms with Gasteiger partial charge in [-0.15, -0.1) is 0 Å². The Bertz CT molecular complexity index is 219. The van der Waals surface area contributed by atoms with Crippen molar-refractivity contribution >= 4 is 17.3 Å². The van der Waals surface area contributed by atoms with Gasteiger partial charge in [0.1, 0.15) is 0 Å². The molecule has 90 valence electrons. The fourth-order valence-electron chi connectivity index (χ4n) is 1.93. The van der Waals surface area contributed by atoms with Gasteiger partial charge in [-0.05, 0) is 29.5 Å². The molecule has 0 heterocycles. The second-order valence-electron chi connectivity index (χ2n) is 6.08. The highest BCUT2D eigenvalue weighted by atomic mass is 32.1. The van der Waals surface area contributed by atoms with E-state index in [1.165, 1.54) is 7.05 Å². The van der Waals surface area contributed by atoms with Crippen LogP contribution in [0.2, 0.25) is 0 Å². The largest absolute Gasteiger partial charge is 0.360 e. The summed E-state index contributed by atoms with van der Waals surface area (Å²) >= 11 is 4.95. The monoisotopic (exact) mass is 232 g/mol. The minimum Gasteiger partial charge on any atom is -0.360 e. The first kappa shape index (κ1) is 14.6. The number of nitrogens with one attached hydrogen (secondary N) is 1. The van der Waals surface area contributed by atoms with E-state index >= 15 is 0 Å². The molecule has 0 rings (SSSR count). The Morgan fingerprint density at radius 1 is 1.27 bits per heavy atom. The lowest BCUT2D eigenvalue weighted by Crippen LogP contribution is -2.41. The summed E-state index contributed by atoms with van der Waals surface area (Å²) in [5.41, 5.74) is 0.468. The van der Waals surface area contributed by atoms with Gasteiger partial charge >= 0.3 is 0 Å². The molecule has 0 aliphatic heterocycles. The van der Waals surface area contributed by atoms with Crippen LogP contribution in [0.3, 0.4) is 0 Å². The summed E-state index contributed by atoms with van der Waals surface area (Å²) < 4.78 is 0. The fourth-order valence-corrected chi connectivity index (χ4v) is 2.00. The lowest BCUT2D eigenvalue weighted by atomic mass is 9.76. The quantitative estimate of drug-likeness (QED) is 0.579. The number of nitrogens with zero attached hydrogens (tertiary/aromatic N) is 1. The summed E-state index contributed by atoms with van der Waals surface area (Å²) in [6.45, 7) is 11.9. The summed E-state index contributed by atoms with van der Waals surface area (Å²) in [5.74, 6) is 0. The van der Waals surface area contributed by atoms with E-state index in [1.54, 1.807) is 0 Å². The maximum atomic E-state index is 9.08. The van der Waals surface area contributed by atoms with Crippen molar-refractivity contribution in [2.45, 2.75) is 41.0 Å². The third-order valence-electron chi connectivity index (χ3n) is 2.02. The first-order valence-corrected chi connectivity index (χ1v) is 5.65. The van der Waals surface area contributed by atoms with Crippen molar-refractivity contribution in [3.63, 3.8) is 0 Å². The average Bonchev–Trinajstić information content (AvgIpc) is 1.95. The van der Waals surface area contributed by atoms with Gasteiger partial charge in [-0.25, -0.2) is 5.06 Å². The third kappa shape index (κ3) is 7.56. The van der Waals surface area contributed by atoms with Crippen LogP contribution >= 0.6 is 12.2 Å². The van der Waals surface area contributed by atoms with Crippen LogP contribution in [-0.2, 0) is 0 Å². The van der Waals surface area contributed by atoms with Crippen LogP contribution in [0.25, 0.3) is 0 Å². The van der Waals surface area contributed by atoms with E-state index in [9.17, 15) is 0 Å². The highest BCUT2D eigenvalue weighted by Crippen LogP contribution is 2.32. The highest BCUT2D eigenvalue weighted by Gasteiger charge is 2.25. The Balaban J connectivity index is 4.10. The molecule has 0 bridgehead atoms. The Kier molecular flexibility index (Phi) is 5.00. The summed E-state index contributed by atoms with van der Waals surface area (Å²) in [6.07, 6.45) is 1.10. The smallest absolute Gasteiger partial charge is 0.192 e. The van der Waals surface area contributed by atoms with E-state index in [1.807, 2.05) is 0 Å². The van der Waals surface area contributed by atoms with Crippen molar-refractivity contribution in [3.05, 3.63) is 0 Å². The number of hydrogen-bond acceptors (Lipinski definition) is 2. The Morgan fingerprint density at radius 2 is 1.73 bits per heavy atom. The van der Waals surface area contributed by atoms with Crippen LogP contribution in [0.15, 0.2) is 0 Å². The molecule has 2 N–H and O–H groups in total. The lowest BCUT2D eigenvalue weighted by Gasteiger charge is -2.33. The Labute approximate surface area is 98.8 Å². The predicted molar refractivity (Wildman–Crippen MR) is 68.0 cm³/mol. The molecule has 0 amide bonds. The van der Waals surface area contributed by atoms with Gasteiger partial charge in [0.15, 0.2) is 5.11 Å². The zero-order valence-corrected chi connectivity index (χ0v) is 11.5. The van der Waals surface area contributed by atoms with E-state index in [2.05, 4.69) is 39.9 Å². The van der Waals surface area contributed by atoms with Crippen LogP contribution < -0.4 is 5.32 Å². The summed E-state index contributed by atoms with van der Waals surface area (Å²) in [5, 5.41) is 13.4. The molecule has 4 heteroatoms. The molecule has 0 aromatic heterocycles. The van der Waals surface area contributed by atoms with Crippen LogP contribution in [0.5, 0.6) is 0 Å². The fraction of sp³-hybridized carbons (Fsp3) is 0.909. The molecule has 0 aromatic rings. The van der Waals surface area contributed by atoms with Crippen molar-refractivity contribution in [3.8, 4) is 0 Å². The lowest BCUT2D eigenvalue weighted by molar-refractivity contribution is 0.0118. The molecule has 15 heavy (non-hydrogen) atoms. The zero-order chi connectivity index (χ0) is 12.3. The first-order chi connectivity index (χ1) is 6.53. The minimum atomic E-state index is 0.165. The van der Waals surface area contributed by atoms with E-state index in [4.69, 9.17) is 17.4 Å². The minimum absolute atomic E-state index is 0.165. The molecule has 0 fully saturated rings. The maximum absolute atomic E-state index is 9.08. The molecule has 0 radical (unpaired) electrons. The predicted octanol–water partition coefficient (Wildman–Crippen LogP) is 2.64. The van der Waals surface area contributed by atoms with Gasteiger partial charge in [-0.1, -0.05) is 34.6 Å². The van der Waals surface area contributed by atoms with Crippen LogP contribution in [0, 0.1) is 10.8 Å². The molecular formula is C11H24N2OS. The average molecular weight is 232 g/mol. The first-order valence-electron chi connectivity index (χ1n) is 5.24. The van der Waals surface area contributed by atoms with Crippen molar-refractivity contribution in [1.82, 2.24) is 10.4 Å². The number of hydrogen-bond donors (Lipinski definition) is 2. The van der Waals surface area contributed by atoms with Crippen molar-refractivity contribution in [2.75, 3.05) is 13.6 Å². The molecule has 0 saturated heterocycles. The topological polar surface area (TPSA) is 35.5 Å². The van der Waals surface area contributed by atoms with Gasteiger partial charge in [-0.3, -0.25) is 5.21 Å². The molecule has 0 spiro atoms. The highest BCUT2D eigenvalue weighted by molar-refractivity contribution is 7.80. The van der Waals surface area contributed by atoms with Gasteiger partial charge in [0, 0.05) is 13.6 Å². The normalized spacial score (nSPS) is 12.5. The maximum Gasteiger partial charge on any atom is 0.192 e. The van der Waals surface area contributed by atoms with Gasteiger partial charge in [0.05, 0.1) is 0 Å². The molecule has 0 aliphatic carbocycles. The molecule has 0 saturated carbocycles. The van der Waals surface area contributed by atoms with Crippen LogP contribution in [0.4, 0.5) is 0 Å². The summed E-state index contributed by atoms with van der Waals surface area (Å²) in [4.78, 5) is 0. The van der Waals surface area contributed by atoms with Gasteiger partial charge in [0.25, 0.3) is 0 Å². The second kappa shape index (κ2) is 5.12. The number of rotatable bonds is 3. The SMILES string of the molecule is CN(O)C(=S)NCC(C)(C)CC(C)(C)C. The van der Waals surface area contributed by atoms with Gasteiger partial charge in [0.2, 0.25) is 0 Å². The number of thiocarbonyl (C=S) groups is 1. The third-order valence-corrected chi connectivity index (χ3v) is 2.43. The zero-order valence-electron chi connectivity index (χ0n) is 10.7. The second-order valence-corrected chi connectivity index (χ2v) is 6.47. The van der Waals surface area contributed by atoms with Crippen molar-refractivity contribution < 1.29 is 5.21 Å². The summed E-state index contributed by atoms with van der Waals surface area (Å²) in [6, 6.07) is 0. The molecule has 0 aliphatic rings. The van der Waals surface area contributed by atoms with Gasteiger partial charge < -0.3 is 5.32 Å². The molecule has 0 aromatic carbocycles. The molecule has 0 unspecified atom stereocenters. The van der Waals surface area contributed by atoms with Crippen LogP contribution in [-0.4, -0.2) is 29.0 Å². The Morgan fingerprint density at radius 3 is 2.07 bits per heavy atom. The van der Waals surface area contributed by atoms with E-state index in [0.717, 1.165) is 18.0 Å². The molecule has 0 atom stereocenters.